The molecule has 3 N–H and O–H groups in total. The molecule has 0 bridgehead atoms. The van der Waals surface area contributed by atoms with E-state index >= 15 is 0 Å². The number of halogens is 4. The van der Waals surface area contributed by atoms with Crippen molar-refractivity contribution in [1.29, 1.82) is 5.26 Å². The van der Waals surface area contributed by atoms with E-state index in [0.29, 0.717) is 5.56 Å². The van der Waals surface area contributed by atoms with Crippen molar-refractivity contribution in [3.63, 3.8) is 0 Å². The van der Waals surface area contributed by atoms with Gasteiger partial charge in [-0.25, -0.2) is 9.37 Å². The van der Waals surface area contributed by atoms with E-state index in [1.54, 1.807) is 0 Å². The third-order valence-corrected chi connectivity index (χ3v) is 5.71. The van der Waals surface area contributed by atoms with E-state index in [0.717, 1.165) is 16.8 Å². The summed E-state index contributed by atoms with van der Waals surface area (Å²) in [5.41, 5.74) is 3.18. The summed E-state index contributed by atoms with van der Waals surface area (Å²) in [6.07, 6.45) is -4.93. The van der Waals surface area contributed by atoms with Gasteiger partial charge in [-0.15, -0.1) is 0 Å². The third kappa shape index (κ3) is 4.83. The molecule has 4 aromatic rings. The molecule has 194 valence electrons. The number of carbonyl (C=O) groups excluding carboxylic acids is 2. The molecule has 0 aliphatic rings. The topological polar surface area (TPSA) is 136 Å². The highest BCUT2D eigenvalue weighted by atomic mass is 19.4. The van der Waals surface area contributed by atoms with Crippen LogP contribution in [0.3, 0.4) is 0 Å². The number of aromatic nitrogens is 3. The zero-order chi connectivity index (χ0) is 27.8. The average Bonchev–Trinajstić information content (AvgIpc) is 3.18. The molecule has 0 fully saturated rings. The monoisotopic (exact) mass is 526 g/mol. The average molecular weight is 526 g/mol. The van der Waals surface area contributed by atoms with Gasteiger partial charge in [-0.2, -0.15) is 23.5 Å². The molecule has 2 amide bonds. The van der Waals surface area contributed by atoms with E-state index in [9.17, 15) is 27.2 Å². The Hall–Kier alpha value is -4.99. The van der Waals surface area contributed by atoms with E-state index < -0.39 is 40.9 Å². The second-order valence-electron chi connectivity index (χ2n) is 8.12. The Kier molecular flexibility index (Phi) is 6.74. The number of benzene rings is 2. The first-order chi connectivity index (χ1) is 17.9. The van der Waals surface area contributed by atoms with E-state index in [1.165, 1.54) is 44.4 Å². The van der Waals surface area contributed by atoms with Crippen molar-refractivity contribution in [3.8, 4) is 11.8 Å². The molecule has 2 aromatic carbocycles. The van der Waals surface area contributed by atoms with Crippen LogP contribution in [0, 0.1) is 24.1 Å². The molecule has 0 radical (unpaired) electrons. The summed E-state index contributed by atoms with van der Waals surface area (Å²) >= 11 is 0. The lowest BCUT2D eigenvalue weighted by molar-refractivity contribution is -0.140. The molecule has 0 aliphatic heterocycles. The van der Waals surface area contributed by atoms with Crippen molar-refractivity contribution in [2.75, 3.05) is 12.4 Å². The summed E-state index contributed by atoms with van der Waals surface area (Å²) in [7, 11) is 1.35. The minimum atomic E-state index is -4.93. The van der Waals surface area contributed by atoms with Gasteiger partial charge in [0.2, 0.25) is 5.91 Å². The number of hydrogen-bond donors (Lipinski definition) is 2. The quantitative estimate of drug-likeness (QED) is 0.362. The summed E-state index contributed by atoms with van der Waals surface area (Å²) in [5, 5.41) is 14.8. The molecule has 2 heterocycles. The number of anilines is 1. The fourth-order valence-corrected chi connectivity index (χ4v) is 3.88. The molecule has 4 rings (SSSR count). The number of amides is 2. The normalized spacial score (nSPS) is 11.3. The van der Waals surface area contributed by atoms with E-state index in [-0.39, 0.29) is 40.0 Å². The number of carbonyl (C=O) groups is 2. The number of rotatable bonds is 6. The molecule has 0 saturated heterocycles. The van der Waals surface area contributed by atoms with Gasteiger partial charge >= 0.3 is 6.18 Å². The maximum absolute atomic E-state index is 14.3. The standard InChI is InChI=1S/C25H18F4N6O3/c1-12-21(33-24(37)18-9-15(23(31)36)20-16(26)4-3-5-17(20)32-18)22(25(27,28)29)34-35(12)11-13-6-7-14(10-30)19(8-13)38-2/h3-9H,11H2,1-2H3,(H2,31,36)(H,33,37). The lowest BCUT2D eigenvalue weighted by atomic mass is 10.1. The first-order valence-corrected chi connectivity index (χ1v) is 10.9. The highest BCUT2D eigenvalue weighted by Crippen LogP contribution is 2.36. The largest absolute Gasteiger partial charge is 0.495 e. The maximum Gasteiger partial charge on any atom is 0.437 e. The van der Waals surface area contributed by atoms with Gasteiger partial charge in [-0.3, -0.25) is 14.3 Å². The molecule has 0 saturated carbocycles. The second-order valence-corrected chi connectivity index (χ2v) is 8.12. The smallest absolute Gasteiger partial charge is 0.437 e. The van der Waals surface area contributed by atoms with Crippen LogP contribution in [0.25, 0.3) is 10.9 Å². The van der Waals surface area contributed by atoms with Gasteiger partial charge in [0.15, 0.2) is 5.69 Å². The summed E-state index contributed by atoms with van der Waals surface area (Å²) in [6, 6.07) is 11.1. The van der Waals surface area contributed by atoms with Gasteiger partial charge in [0.05, 0.1) is 41.7 Å². The molecule has 13 heteroatoms. The number of ether oxygens (including phenoxy) is 1. The van der Waals surface area contributed by atoms with Crippen LogP contribution in [-0.2, 0) is 12.7 Å². The van der Waals surface area contributed by atoms with Crippen molar-refractivity contribution in [2.24, 2.45) is 5.73 Å². The van der Waals surface area contributed by atoms with Crippen LogP contribution in [0.5, 0.6) is 5.75 Å². The Bertz CT molecular complexity index is 1640. The van der Waals surface area contributed by atoms with E-state index in [4.69, 9.17) is 15.7 Å². The number of nitrogens with zero attached hydrogens (tertiary/aromatic N) is 4. The van der Waals surface area contributed by atoms with E-state index in [2.05, 4.69) is 15.4 Å². The molecule has 2 aromatic heterocycles. The number of fused-ring (bicyclic) bond motifs is 1. The predicted octanol–water partition coefficient (Wildman–Crippen LogP) is 4.18. The first-order valence-electron chi connectivity index (χ1n) is 10.9. The Morgan fingerprint density at radius 2 is 1.95 bits per heavy atom. The zero-order valence-electron chi connectivity index (χ0n) is 19.9. The minimum absolute atomic E-state index is 0.0315. The Labute approximate surface area is 212 Å². The van der Waals surface area contributed by atoms with Crippen molar-refractivity contribution >= 4 is 28.4 Å². The number of methoxy groups -OCH3 is 1. The van der Waals surface area contributed by atoms with Crippen LogP contribution >= 0.6 is 0 Å². The van der Waals surface area contributed by atoms with Crippen molar-refractivity contribution in [1.82, 2.24) is 14.8 Å². The number of nitriles is 1. The van der Waals surface area contributed by atoms with Gasteiger partial charge in [-0.1, -0.05) is 12.1 Å². The summed E-state index contributed by atoms with van der Waals surface area (Å²) < 4.78 is 62.1. The fourth-order valence-electron chi connectivity index (χ4n) is 3.88. The van der Waals surface area contributed by atoms with Crippen LogP contribution in [0.15, 0.2) is 42.5 Å². The predicted molar refractivity (Wildman–Crippen MR) is 127 cm³/mol. The molecule has 0 unspecified atom stereocenters. The maximum atomic E-state index is 14.3. The van der Waals surface area contributed by atoms with Crippen molar-refractivity contribution in [3.05, 3.63) is 82.1 Å². The number of nitrogens with two attached hydrogens (primary N) is 1. The lowest BCUT2D eigenvalue weighted by Gasteiger charge is -2.11. The highest BCUT2D eigenvalue weighted by Gasteiger charge is 2.39. The fraction of sp³-hybridized carbons (Fsp3) is 0.160. The van der Waals surface area contributed by atoms with Crippen molar-refractivity contribution in [2.45, 2.75) is 19.6 Å². The molecule has 0 atom stereocenters. The summed E-state index contributed by atoms with van der Waals surface area (Å²) in [6.45, 7) is 1.20. The number of hydrogen-bond acceptors (Lipinski definition) is 6. The molecule has 0 aliphatic carbocycles. The SMILES string of the molecule is COc1cc(Cn2nc(C(F)(F)F)c(NC(=O)c3cc(C(N)=O)c4c(F)cccc4n3)c2C)ccc1C#N. The first kappa shape index (κ1) is 26.1. The van der Waals surface area contributed by atoms with Crippen molar-refractivity contribution < 1.29 is 31.9 Å². The van der Waals surface area contributed by atoms with Crippen LogP contribution in [-0.4, -0.2) is 33.7 Å². The number of primary amides is 1. The van der Waals surface area contributed by atoms with E-state index in [1.807, 2.05) is 6.07 Å². The molecule has 0 spiro atoms. The van der Waals surface area contributed by atoms with Gasteiger partial charge in [-0.05, 0) is 42.8 Å². The van der Waals surface area contributed by atoms with Gasteiger partial charge in [0.1, 0.15) is 23.3 Å². The van der Waals surface area contributed by atoms with Crippen LogP contribution in [0.4, 0.5) is 23.2 Å². The highest BCUT2D eigenvalue weighted by molar-refractivity contribution is 6.10. The van der Waals surface area contributed by atoms with Crippen LogP contribution in [0.2, 0.25) is 0 Å². The number of alkyl halides is 3. The number of pyridine rings is 1. The zero-order valence-corrected chi connectivity index (χ0v) is 19.9. The van der Waals surface area contributed by atoms with Gasteiger partial charge in [0, 0.05) is 5.39 Å². The summed E-state index contributed by atoms with van der Waals surface area (Å²) in [4.78, 5) is 28.9. The third-order valence-electron chi connectivity index (χ3n) is 5.71. The summed E-state index contributed by atoms with van der Waals surface area (Å²) in [5.74, 6) is -2.70. The van der Waals surface area contributed by atoms with Gasteiger partial charge in [0.25, 0.3) is 5.91 Å². The second kappa shape index (κ2) is 9.81. The Morgan fingerprint density at radius 3 is 2.58 bits per heavy atom. The lowest BCUT2D eigenvalue weighted by Crippen LogP contribution is -2.20. The number of nitrogens with one attached hydrogen (secondary N) is 1. The minimum Gasteiger partial charge on any atom is -0.495 e. The molecular formula is C25H18F4N6O3. The Morgan fingerprint density at radius 1 is 1.21 bits per heavy atom. The molecular weight excluding hydrogens is 508 g/mol. The molecule has 38 heavy (non-hydrogen) atoms. The Balaban J connectivity index is 1.74. The van der Waals surface area contributed by atoms with Gasteiger partial charge < -0.3 is 15.8 Å². The van der Waals surface area contributed by atoms with Crippen LogP contribution in [0.1, 0.15) is 43.4 Å². The van der Waals surface area contributed by atoms with Crippen LogP contribution < -0.4 is 15.8 Å². The molecule has 9 nitrogen and oxygen atoms in total.